The Morgan fingerprint density at radius 3 is 2.65 bits per heavy atom. The fraction of sp³-hybridized carbons (Fsp3) is 0.214. The number of halogens is 2. The molecule has 0 aliphatic rings. The predicted octanol–water partition coefficient (Wildman–Crippen LogP) is 3.61. The number of hydrogen-bond donors (Lipinski definition) is 1. The van der Waals surface area contributed by atoms with E-state index in [4.69, 9.17) is 9.47 Å². The van der Waals surface area contributed by atoms with Crippen LogP contribution in [0.4, 0.5) is 10.1 Å². The largest absolute Gasteiger partial charge is 0.493 e. The van der Waals surface area contributed by atoms with E-state index in [1.807, 2.05) is 12.1 Å². The van der Waals surface area contributed by atoms with Crippen LogP contribution in [0.1, 0.15) is 5.56 Å². The molecule has 2 aromatic rings. The summed E-state index contributed by atoms with van der Waals surface area (Å²) in [6.07, 6.45) is 1.45. The topological polar surface area (TPSA) is 43.4 Å². The first-order valence-electron chi connectivity index (χ1n) is 5.90. The van der Waals surface area contributed by atoms with Crippen molar-refractivity contribution in [1.29, 1.82) is 0 Å². The summed E-state index contributed by atoms with van der Waals surface area (Å²) in [5, 5.41) is 3.16. The Kier molecular flexibility index (Phi) is 4.79. The maximum absolute atomic E-state index is 12.7. The number of nitrogens with zero attached hydrogens (tertiary/aromatic N) is 1. The molecule has 20 heavy (non-hydrogen) atoms. The van der Waals surface area contributed by atoms with Crippen LogP contribution in [0.15, 0.2) is 34.9 Å². The average molecular weight is 341 g/mol. The first kappa shape index (κ1) is 14.6. The van der Waals surface area contributed by atoms with Crippen LogP contribution in [-0.4, -0.2) is 19.2 Å². The summed E-state index contributed by atoms with van der Waals surface area (Å²) in [6, 6.07) is 6.77. The first-order valence-corrected chi connectivity index (χ1v) is 6.69. The van der Waals surface area contributed by atoms with Crippen molar-refractivity contribution in [1.82, 2.24) is 4.98 Å². The number of methoxy groups -OCH3 is 2. The normalized spacial score (nSPS) is 10.2. The standard InChI is InChI=1S/C14H14BrFN2O2/c1-19-12-6-9(5-11(15)14(12)20-2)7-17-10-3-4-13(16)18-8-10/h3-6,8,17H,7H2,1-2H3. The van der Waals surface area contributed by atoms with Crippen LogP contribution in [0.25, 0.3) is 0 Å². The minimum absolute atomic E-state index is 0.496. The third-order valence-electron chi connectivity index (χ3n) is 2.72. The van der Waals surface area contributed by atoms with Crippen molar-refractivity contribution in [3.63, 3.8) is 0 Å². The number of nitrogens with one attached hydrogen (secondary N) is 1. The molecule has 0 aliphatic heterocycles. The fourth-order valence-electron chi connectivity index (χ4n) is 1.76. The predicted molar refractivity (Wildman–Crippen MR) is 78.8 cm³/mol. The van der Waals surface area contributed by atoms with Gasteiger partial charge in [0.15, 0.2) is 11.5 Å². The van der Waals surface area contributed by atoms with E-state index in [0.717, 1.165) is 15.7 Å². The molecule has 6 heteroatoms. The average Bonchev–Trinajstić information content (AvgIpc) is 2.46. The molecular formula is C14H14BrFN2O2. The van der Waals surface area contributed by atoms with Gasteiger partial charge in [0.2, 0.25) is 5.95 Å². The lowest BCUT2D eigenvalue weighted by molar-refractivity contribution is 0.352. The van der Waals surface area contributed by atoms with Crippen molar-refractivity contribution < 1.29 is 13.9 Å². The van der Waals surface area contributed by atoms with E-state index >= 15 is 0 Å². The molecule has 0 saturated carbocycles. The molecule has 0 spiro atoms. The zero-order valence-electron chi connectivity index (χ0n) is 11.1. The number of anilines is 1. The Morgan fingerprint density at radius 2 is 2.05 bits per heavy atom. The van der Waals surface area contributed by atoms with E-state index in [0.29, 0.717) is 18.0 Å². The van der Waals surface area contributed by atoms with Crippen LogP contribution in [0.5, 0.6) is 11.5 Å². The molecular weight excluding hydrogens is 327 g/mol. The number of benzene rings is 1. The zero-order valence-corrected chi connectivity index (χ0v) is 12.7. The Bertz CT molecular complexity index is 590. The maximum Gasteiger partial charge on any atom is 0.212 e. The quantitative estimate of drug-likeness (QED) is 0.844. The second-order valence-electron chi connectivity index (χ2n) is 4.04. The van der Waals surface area contributed by atoms with E-state index < -0.39 is 5.95 Å². The summed E-state index contributed by atoms with van der Waals surface area (Å²) in [6.45, 7) is 0.562. The monoisotopic (exact) mass is 340 g/mol. The van der Waals surface area contributed by atoms with Gasteiger partial charge in [0.25, 0.3) is 0 Å². The summed E-state index contributed by atoms with van der Waals surface area (Å²) < 4.78 is 24.1. The summed E-state index contributed by atoms with van der Waals surface area (Å²) in [5.74, 6) is 0.806. The second-order valence-corrected chi connectivity index (χ2v) is 4.89. The molecule has 106 valence electrons. The highest BCUT2D eigenvalue weighted by Gasteiger charge is 2.10. The Hall–Kier alpha value is -1.82. The molecule has 1 aromatic heterocycles. The molecule has 0 radical (unpaired) electrons. The molecule has 0 amide bonds. The highest BCUT2D eigenvalue weighted by Crippen LogP contribution is 2.36. The third-order valence-corrected chi connectivity index (χ3v) is 3.31. The Labute approximate surface area is 125 Å². The van der Waals surface area contributed by atoms with Crippen molar-refractivity contribution >= 4 is 21.6 Å². The molecule has 1 N–H and O–H groups in total. The SMILES string of the molecule is COc1cc(CNc2ccc(F)nc2)cc(Br)c1OC. The molecule has 0 aliphatic carbocycles. The van der Waals surface area contributed by atoms with Gasteiger partial charge in [-0.2, -0.15) is 4.39 Å². The number of pyridine rings is 1. The van der Waals surface area contributed by atoms with Crippen molar-refractivity contribution in [3.05, 3.63) is 46.4 Å². The van der Waals surface area contributed by atoms with E-state index in [1.54, 1.807) is 20.3 Å². The Balaban J connectivity index is 2.13. The number of aromatic nitrogens is 1. The molecule has 4 nitrogen and oxygen atoms in total. The van der Waals surface area contributed by atoms with Gasteiger partial charge in [-0.1, -0.05) is 0 Å². The summed E-state index contributed by atoms with van der Waals surface area (Å²) >= 11 is 3.44. The maximum atomic E-state index is 12.7. The molecule has 0 fully saturated rings. The van der Waals surface area contributed by atoms with Crippen molar-refractivity contribution in [2.24, 2.45) is 0 Å². The van der Waals surface area contributed by atoms with Crippen LogP contribution in [0.2, 0.25) is 0 Å². The summed E-state index contributed by atoms with van der Waals surface area (Å²) in [5.41, 5.74) is 1.75. The van der Waals surface area contributed by atoms with Gasteiger partial charge in [0.1, 0.15) is 0 Å². The van der Waals surface area contributed by atoms with Gasteiger partial charge in [-0.25, -0.2) is 4.98 Å². The zero-order chi connectivity index (χ0) is 14.5. The van der Waals surface area contributed by atoms with Crippen LogP contribution < -0.4 is 14.8 Å². The van der Waals surface area contributed by atoms with Crippen molar-refractivity contribution in [2.45, 2.75) is 6.54 Å². The van der Waals surface area contributed by atoms with Crippen molar-refractivity contribution in [3.8, 4) is 11.5 Å². The van der Waals surface area contributed by atoms with E-state index in [2.05, 4.69) is 26.2 Å². The van der Waals surface area contributed by atoms with Crippen LogP contribution in [0, 0.1) is 5.95 Å². The van der Waals surface area contributed by atoms with Gasteiger partial charge in [0.05, 0.1) is 30.6 Å². The van der Waals surface area contributed by atoms with E-state index in [9.17, 15) is 4.39 Å². The van der Waals surface area contributed by atoms with Crippen LogP contribution in [0.3, 0.4) is 0 Å². The lowest BCUT2D eigenvalue weighted by Gasteiger charge is -2.12. The van der Waals surface area contributed by atoms with Gasteiger partial charge < -0.3 is 14.8 Å². The number of ether oxygens (including phenoxy) is 2. The summed E-state index contributed by atoms with van der Waals surface area (Å²) in [4.78, 5) is 3.59. The summed E-state index contributed by atoms with van der Waals surface area (Å²) in [7, 11) is 3.18. The van der Waals surface area contributed by atoms with E-state index in [1.165, 1.54) is 12.3 Å². The fourth-order valence-corrected chi connectivity index (χ4v) is 2.41. The molecule has 0 unspecified atom stereocenters. The minimum atomic E-state index is -0.496. The minimum Gasteiger partial charge on any atom is -0.493 e. The molecule has 0 bridgehead atoms. The second kappa shape index (κ2) is 6.56. The van der Waals surface area contributed by atoms with Gasteiger partial charge in [0, 0.05) is 6.54 Å². The van der Waals surface area contributed by atoms with E-state index in [-0.39, 0.29) is 0 Å². The highest BCUT2D eigenvalue weighted by molar-refractivity contribution is 9.10. The van der Waals surface area contributed by atoms with Gasteiger partial charge in [-0.05, 0) is 45.8 Å². The first-order chi connectivity index (χ1) is 9.63. The van der Waals surface area contributed by atoms with Crippen molar-refractivity contribution in [2.75, 3.05) is 19.5 Å². The number of rotatable bonds is 5. The molecule has 2 rings (SSSR count). The van der Waals surface area contributed by atoms with Gasteiger partial charge in [-0.3, -0.25) is 0 Å². The van der Waals surface area contributed by atoms with Gasteiger partial charge in [-0.15, -0.1) is 0 Å². The van der Waals surface area contributed by atoms with Crippen LogP contribution in [-0.2, 0) is 6.54 Å². The number of hydrogen-bond acceptors (Lipinski definition) is 4. The molecule has 1 aromatic carbocycles. The lowest BCUT2D eigenvalue weighted by atomic mass is 10.2. The lowest BCUT2D eigenvalue weighted by Crippen LogP contribution is -2.01. The Morgan fingerprint density at radius 1 is 1.25 bits per heavy atom. The molecule has 0 saturated heterocycles. The van der Waals surface area contributed by atoms with Gasteiger partial charge >= 0.3 is 0 Å². The molecule has 0 atom stereocenters. The third kappa shape index (κ3) is 3.39. The molecule has 1 heterocycles. The highest BCUT2D eigenvalue weighted by atomic mass is 79.9. The van der Waals surface area contributed by atoms with Crippen LogP contribution >= 0.6 is 15.9 Å². The smallest absolute Gasteiger partial charge is 0.212 e.